The highest BCUT2D eigenvalue weighted by atomic mass is 19.1. The highest BCUT2D eigenvalue weighted by molar-refractivity contribution is 5.16. The molecule has 0 bridgehead atoms. The second-order valence-electron chi connectivity index (χ2n) is 3.80. The van der Waals surface area contributed by atoms with Gasteiger partial charge in [0.05, 0.1) is 18.8 Å². The van der Waals surface area contributed by atoms with Gasteiger partial charge in [0, 0.05) is 5.56 Å². The van der Waals surface area contributed by atoms with Crippen LogP contribution in [0, 0.1) is 5.82 Å². The summed E-state index contributed by atoms with van der Waals surface area (Å²) in [5.41, 5.74) is 0.551. The first-order valence-electron chi connectivity index (χ1n) is 5.12. The van der Waals surface area contributed by atoms with Gasteiger partial charge in [0.25, 0.3) is 0 Å². The van der Waals surface area contributed by atoms with Gasteiger partial charge in [-0.15, -0.1) is 0 Å². The maximum absolute atomic E-state index is 13.2. The minimum atomic E-state index is -0.388. The quantitative estimate of drug-likeness (QED) is 0.812. The van der Waals surface area contributed by atoms with Gasteiger partial charge in [0.2, 0.25) is 0 Å². The predicted molar refractivity (Wildman–Crippen MR) is 56.9 cm³/mol. The molecule has 15 heavy (non-hydrogen) atoms. The van der Waals surface area contributed by atoms with E-state index in [-0.39, 0.29) is 24.6 Å². The van der Waals surface area contributed by atoms with Crippen molar-refractivity contribution in [2.75, 3.05) is 0 Å². The van der Waals surface area contributed by atoms with Gasteiger partial charge in [-0.25, -0.2) is 4.39 Å². The number of aliphatic hydroxyl groups excluding tert-OH is 1. The first-order chi connectivity index (χ1) is 7.09. The Balaban J connectivity index is 2.40. The van der Waals surface area contributed by atoms with Gasteiger partial charge in [-0.3, -0.25) is 0 Å². The molecule has 0 saturated carbocycles. The third-order valence-corrected chi connectivity index (χ3v) is 2.15. The lowest BCUT2D eigenvalue weighted by Crippen LogP contribution is -2.15. The van der Waals surface area contributed by atoms with E-state index in [0.29, 0.717) is 12.0 Å². The van der Waals surface area contributed by atoms with Gasteiger partial charge in [-0.1, -0.05) is 18.2 Å². The molecule has 1 aromatic carbocycles. The summed E-state index contributed by atoms with van der Waals surface area (Å²) in [6, 6.07) is 6.54. The van der Waals surface area contributed by atoms with Crippen molar-refractivity contribution < 1.29 is 14.2 Å². The molecule has 0 heterocycles. The molecule has 84 valence electrons. The van der Waals surface area contributed by atoms with E-state index in [9.17, 15) is 4.39 Å². The molecule has 0 radical (unpaired) electrons. The van der Waals surface area contributed by atoms with E-state index < -0.39 is 0 Å². The molecule has 2 atom stereocenters. The summed E-state index contributed by atoms with van der Waals surface area (Å²) in [7, 11) is 0. The fourth-order valence-electron chi connectivity index (χ4n) is 1.40. The fraction of sp³-hybridized carbons (Fsp3) is 0.500. The van der Waals surface area contributed by atoms with Gasteiger partial charge < -0.3 is 9.84 Å². The Bertz CT molecular complexity index is 299. The van der Waals surface area contributed by atoms with Crippen LogP contribution < -0.4 is 0 Å². The van der Waals surface area contributed by atoms with Crippen LogP contribution in [0.3, 0.4) is 0 Å². The van der Waals surface area contributed by atoms with Crippen LogP contribution >= 0.6 is 0 Å². The molecule has 0 aromatic heterocycles. The second kappa shape index (κ2) is 5.83. The molecule has 3 heteroatoms. The van der Waals surface area contributed by atoms with Crippen LogP contribution in [0.1, 0.15) is 25.8 Å². The molecule has 1 aromatic rings. The van der Waals surface area contributed by atoms with Crippen LogP contribution in [-0.4, -0.2) is 17.3 Å². The second-order valence-corrected chi connectivity index (χ2v) is 3.80. The molecule has 0 aliphatic carbocycles. The van der Waals surface area contributed by atoms with Crippen LogP contribution in [0.5, 0.6) is 0 Å². The Hall–Kier alpha value is -0.930. The largest absolute Gasteiger partial charge is 0.393 e. The molecule has 1 N–H and O–H groups in total. The van der Waals surface area contributed by atoms with E-state index in [1.54, 1.807) is 25.1 Å². The molecule has 2 nitrogen and oxygen atoms in total. The average Bonchev–Trinajstić information content (AvgIpc) is 2.15. The normalized spacial score (nSPS) is 14.9. The van der Waals surface area contributed by atoms with Crippen LogP contribution in [0.25, 0.3) is 0 Å². The minimum Gasteiger partial charge on any atom is -0.393 e. The summed E-state index contributed by atoms with van der Waals surface area (Å²) in [5, 5.41) is 9.12. The third-order valence-electron chi connectivity index (χ3n) is 2.15. The number of rotatable bonds is 5. The maximum atomic E-state index is 13.2. The number of benzene rings is 1. The van der Waals surface area contributed by atoms with Crippen LogP contribution in [-0.2, 0) is 11.3 Å². The first-order valence-corrected chi connectivity index (χ1v) is 5.12. The third kappa shape index (κ3) is 4.40. The van der Waals surface area contributed by atoms with Crippen LogP contribution in [0.15, 0.2) is 24.3 Å². The van der Waals surface area contributed by atoms with Gasteiger partial charge in [-0.05, 0) is 26.3 Å². The van der Waals surface area contributed by atoms with Crippen molar-refractivity contribution in [1.82, 2.24) is 0 Å². The van der Waals surface area contributed by atoms with Crippen molar-refractivity contribution in [3.05, 3.63) is 35.6 Å². The highest BCUT2D eigenvalue weighted by Gasteiger charge is 2.08. The smallest absolute Gasteiger partial charge is 0.128 e. The van der Waals surface area contributed by atoms with E-state index in [4.69, 9.17) is 9.84 Å². The van der Waals surface area contributed by atoms with Gasteiger partial charge in [0.1, 0.15) is 5.82 Å². The topological polar surface area (TPSA) is 29.5 Å². The van der Waals surface area contributed by atoms with Gasteiger partial charge in [-0.2, -0.15) is 0 Å². The summed E-state index contributed by atoms with van der Waals surface area (Å²) in [5.74, 6) is -0.248. The van der Waals surface area contributed by atoms with Crippen molar-refractivity contribution in [3.8, 4) is 0 Å². The zero-order chi connectivity index (χ0) is 11.3. The lowest BCUT2D eigenvalue weighted by molar-refractivity contribution is 0.0180. The predicted octanol–water partition coefficient (Wildman–Crippen LogP) is 2.50. The summed E-state index contributed by atoms with van der Waals surface area (Å²) in [6.45, 7) is 3.83. The lowest BCUT2D eigenvalue weighted by atomic mass is 10.2. The Kier molecular flexibility index (Phi) is 4.72. The van der Waals surface area contributed by atoms with Crippen LogP contribution in [0.4, 0.5) is 4.39 Å². The van der Waals surface area contributed by atoms with Gasteiger partial charge in [0.15, 0.2) is 0 Å². The molecule has 0 saturated heterocycles. The number of ether oxygens (including phenoxy) is 1. The number of hydrogen-bond acceptors (Lipinski definition) is 2. The Morgan fingerprint density at radius 2 is 2.00 bits per heavy atom. The molecule has 0 amide bonds. The van der Waals surface area contributed by atoms with Gasteiger partial charge >= 0.3 is 0 Å². The van der Waals surface area contributed by atoms with E-state index in [1.807, 2.05) is 6.92 Å². The Labute approximate surface area is 89.7 Å². The Morgan fingerprint density at radius 1 is 1.33 bits per heavy atom. The molecular formula is C12H17FO2. The van der Waals surface area contributed by atoms with E-state index >= 15 is 0 Å². The van der Waals surface area contributed by atoms with Crippen molar-refractivity contribution in [3.63, 3.8) is 0 Å². The molecule has 0 spiro atoms. The Morgan fingerprint density at radius 3 is 2.60 bits per heavy atom. The van der Waals surface area contributed by atoms with E-state index in [1.165, 1.54) is 6.07 Å². The summed E-state index contributed by atoms with van der Waals surface area (Å²) in [4.78, 5) is 0. The molecule has 0 aliphatic rings. The molecule has 1 rings (SSSR count). The standard InChI is InChI=1S/C12H17FO2/c1-9(14)7-10(2)15-8-11-5-3-4-6-12(11)13/h3-6,9-10,14H,7-8H2,1-2H3. The van der Waals surface area contributed by atoms with E-state index in [2.05, 4.69) is 0 Å². The molecule has 0 aliphatic heterocycles. The lowest BCUT2D eigenvalue weighted by Gasteiger charge is -2.14. The molecular weight excluding hydrogens is 195 g/mol. The average molecular weight is 212 g/mol. The monoisotopic (exact) mass is 212 g/mol. The molecule has 0 fully saturated rings. The number of aliphatic hydroxyl groups is 1. The van der Waals surface area contributed by atoms with Crippen molar-refractivity contribution >= 4 is 0 Å². The first kappa shape index (κ1) is 12.1. The molecule has 2 unspecified atom stereocenters. The zero-order valence-corrected chi connectivity index (χ0v) is 9.11. The minimum absolute atomic E-state index is 0.0652. The highest BCUT2D eigenvalue weighted by Crippen LogP contribution is 2.10. The van der Waals surface area contributed by atoms with Crippen molar-refractivity contribution in [1.29, 1.82) is 0 Å². The fourth-order valence-corrected chi connectivity index (χ4v) is 1.40. The maximum Gasteiger partial charge on any atom is 0.128 e. The van der Waals surface area contributed by atoms with Crippen LogP contribution in [0.2, 0.25) is 0 Å². The van der Waals surface area contributed by atoms with Crippen molar-refractivity contribution in [2.45, 2.75) is 39.1 Å². The van der Waals surface area contributed by atoms with E-state index in [0.717, 1.165) is 0 Å². The zero-order valence-electron chi connectivity index (χ0n) is 9.11. The summed E-state index contributed by atoms with van der Waals surface area (Å²) >= 11 is 0. The van der Waals surface area contributed by atoms with Crippen molar-refractivity contribution in [2.24, 2.45) is 0 Å². The number of halogens is 1. The SMILES string of the molecule is CC(O)CC(C)OCc1ccccc1F. The summed E-state index contributed by atoms with van der Waals surface area (Å²) in [6.07, 6.45) is 0.110. The summed E-state index contributed by atoms with van der Waals surface area (Å²) < 4.78 is 18.6. The number of hydrogen-bond donors (Lipinski definition) is 1.